The van der Waals surface area contributed by atoms with Crippen LogP contribution >= 0.6 is 12.6 Å². The van der Waals surface area contributed by atoms with E-state index in [1.165, 1.54) is 27.8 Å². The van der Waals surface area contributed by atoms with E-state index in [1.54, 1.807) is 0 Å². The van der Waals surface area contributed by atoms with Crippen LogP contribution in [-0.4, -0.2) is 0 Å². The second-order valence-electron chi connectivity index (χ2n) is 5.20. The van der Waals surface area contributed by atoms with Crippen molar-refractivity contribution in [2.75, 3.05) is 0 Å². The molecule has 0 aromatic heterocycles. The van der Waals surface area contributed by atoms with Crippen molar-refractivity contribution < 1.29 is 0 Å². The Balaban J connectivity index is 2.00. The standard InChI is InChI=1S/C19H14S/c20-14-7-5-6-13(12-14)19-17-10-3-1-8-15(17)16-9-2-4-11-18(16)19/h1-12,19-20H. The lowest BCUT2D eigenvalue weighted by Crippen LogP contribution is -1.98. The SMILES string of the molecule is Sc1cccc(C2c3ccccc3-c3ccccc32)c1. The highest BCUT2D eigenvalue weighted by Gasteiger charge is 2.28. The second-order valence-corrected chi connectivity index (χ2v) is 5.72. The van der Waals surface area contributed by atoms with Gasteiger partial charge in [0.05, 0.1) is 0 Å². The summed E-state index contributed by atoms with van der Waals surface area (Å²) >= 11 is 4.49. The monoisotopic (exact) mass is 274 g/mol. The summed E-state index contributed by atoms with van der Waals surface area (Å²) in [7, 11) is 0. The maximum atomic E-state index is 4.49. The van der Waals surface area contributed by atoms with Crippen LogP contribution in [0.2, 0.25) is 0 Å². The molecule has 0 nitrogen and oxygen atoms in total. The number of rotatable bonds is 1. The number of hydrogen-bond acceptors (Lipinski definition) is 1. The topological polar surface area (TPSA) is 0 Å². The molecule has 0 bridgehead atoms. The summed E-state index contributed by atoms with van der Waals surface area (Å²) in [5.74, 6) is 0.328. The predicted molar refractivity (Wildman–Crippen MR) is 86.5 cm³/mol. The Morgan fingerprint density at radius 2 is 1.25 bits per heavy atom. The maximum Gasteiger partial charge on any atom is 0.0352 e. The minimum Gasteiger partial charge on any atom is -0.143 e. The van der Waals surface area contributed by atoms with Crippen LogP contribution in [0.1, 0.15) is 22.6 Å². The minimum atomic E-state index is 0.328. The van der Waals surface area contributed by atoms with Gasteiger partial charge in [0, 0.05) is 10.8 Å². The van der Waals surface area contributed by atoms with E-state index in [4.69, 9.17) is 0 Å². The van der Waals surface area contributed by atoms with E-state index in [2.05, 4.69) is 79.4 Å². The Kier molecular flexibility index (Phi) is 2.68. The van der Waals surface area contributed by atoms with Crippen LogP contribution < -0.4 is 0 Å². The Hall–Kier alpha value is -1.99. The first-order valence-corrected chi connectivity index (χ1v) is 7.26. The van der Waals surface area contributed by atoms with Crippen LogP contribution in [0.5, 0.6) is 0 Å². The first-order valence-electron chi connectivity index (χ1n) is 6.82. The molecule has 3 aromatic carbocycles. The van der Waals surface area contributed by atoms with Gasteiger partial charge in [-0.25, -0.2) is 0 Å². The van der Waals surface area contributed by atoms with Gasteiger partial charge in [-0.05, 0) is 39.9 Å². The zero-order valence-electron chi connectivity index (χ0n) is 11.0. The molecule has 0 heterocycles. The minimum absolute atomic E-state index is 0.328. The van der Waals surface area contributed by atoms with Crippen LogP contribution in [0, 0.1) is 0 Å². The summed E-state index contributed by atoms with van der Waals surface area (Å²) in [6.45, 7) is 0. The third kappa shape index (κ3) is 1.70. The average molecular weight is 274 g/mol. The van der Waals surface area contributed by atoms with Crippen LogP contribution in [0.15, 0.2) is 77.7 Å². The van der Waals surface area contributed by atoms with E-state index in [1.807, 2.05) is 6.07 Å². The van der Waals surface area contributed by atoms with Gasteiger partial charge < -0.3 is 0 Å². The Bertz CT molecular complexity index is 744. The highest BCUT2D eigenvalue weighted by Crippen LogP contribution is 2.47. The predicted octanol–water partition coefficient (Wildman–Crippen LogP) is 5.14. The molecule has 20 heavy (non-hydrogen) atoms. The highest BCUT2D eigenvalue weighted by atomic mass is 32.1. The molecule has 0 radical (unpaired) electrons. The van der Waals surface area contributed by atoms with Gasteiger partial charge in [0.1, 0.15) is 0 Å². The van der Waals surface area contributed by atoms with Crippen molar-refractivity contribution in [2.24, 2.45) is 0 Å². The molecule has 0 spiro atoms. The first-order chi connectivity index (χ1) is 9.84. The lowest BCUT2D eigenvalue weighted by molar-refractivity contribution is 1.01. The fourth-order valence-electron chi connectivity index (χ4n) is 3.22. The van der Waals surface area contributed by atoms with E-state index in [0.717, 1.165) is 4.90 Å². The zero-order chi connectivity index (χ0) is 13.5. The molecule has 0 unspecified atom stereocenters. The lowest BCUT2D eigenvalue weighted by Gasteiger charge is -2.14. The van der Waals surface area contributed by atoms with Gasteiger partial charge in [0.2, 0.25) is 0 Å². The van der Waals surface area contributed by atoms with Crippen molar-refractivity contribution in [3.63, 3.8) is 0 Å². The Morgan fingerprint density at radius 3 is 1.85 bits per heavy atom. The third-order valence-electron chi connectivity index (χ3n) is 4.04. The van der Waals surface area contributed by atoms with Crippen LogP contribution in [-0.2, 0) is 0 Å². The van der Waals surface area contributed by atoms with Gasteiger partial charge in [0.25, 0.3) is 0 Å². The van der Waals surface area contributed by atoms with Gasteiger partial charge in [-0.3, -0.25) is 0 Å². The van der Waals surface area contributed by atoms with Crippen molar-refractivity contribution in [2.45, 2.75) is 10.8 Å². The smallest absolute Gasteiger partial charge is 0.0352 e. The van der Waals surface area contributed by atoms with E-state index in [0.29, 0.717) is 5.92 Å². The Morgan fingerprint density at radius 1 is 0.650 bits per heavy atom. The summed E-state index contributed by atoms with van der Waals surface area (Å²) in [4.78, 5) is 1.02. The number of benzene rings is 3. The molecule has 96 valence electrons. The number of fused-ring (bicyclic) bond motifs is 3. The quantitative estimate of drug-likeness (QED) is 0.457. The molecule has 0 saturated carbocycles. The molecule has 0 aliphatic heterocycles. The number of hydrogen-bond donors (Lipinski definition) is 1. The first kappa shape index (κ1) is 11.8. The summed E-state index contributed by atoms with van der Waals surface area (Å²) in [5, 5.41) is 0. The van der Waals surface area contributed by atoms with Gasteiger partial charge in [-0.2, -0.15) is 0 Å². The molecule has 3 aromatic rings. The summed E-state index contributed by atoms with van der Waals surface area (Å²) in [5.41, 5.74) is 6.82. The van der Waals surface area contributed by atoms with Crippen molar-refractivity contribution >= 4 is 12.6 Å². The van der Waals surface area contributed by atoms with Crippen LogP contribution in [0.4, 0.5) is 0 Å². The van der Waals surface area contributed by atoms with Crippen LogP contribution in [0.25, 0.3) is 11.1 Å². The van der Waals surface area contributed by atoms with E-state index in [9.17, 15) is 0 Å². The van der Waals surface area contributed by atoms with E-state index in [-0.39, 0.29) is 0 Å². The molecule has 1 aliphatic carbocycles. The normalized spacial score (nSPS) is 13.1. The summed E-state index contributed by atoms with van der Waals surface area (Å²) in [6, 6.07) is 25.9. The molecular weight excluding hydrogens is 260 g/mol. The summed E-state index contributed by atoms with van der Waals surface area (Å²) < 4.78 is 0. The molecular formula is C19H14S. The van der Waals surface area contributed by atoms with Crippen LogP contribution in [0.3, 0.4) is 0 Å². The molecule has 0 atom stereocenters. The fourth-order valence-corrected chi connectivity index (χ4v) is 3.45. The second kappa shape index (κ2) is 4.53. The lowest BCUT2D eigenvalue weighted by atomic mass is 9.89. The van der Waals surface area contributed by atoms with Crippen molar-refractivity contribution in [1.82, 2.24) is 0 Å². The largest absolute Gasteiger partial charge is 0.143 e. The van der Waals surface area contributed by atoms with Gasteiger partial charge in [0.15, 0.2) is 0 Å². The van der Waals surface area contributed by atoms with Gasteiger partial charge in [-0.15, -0.1) is 12.6 Å². The fraction of sp³-hybridized carbons (Fsp3) is 0.0526. The van der Waals surface area contributed by atoms with Crippen molar-refractivity contribution in [1.29, 1.82) is 0 Å². The molecule has 0 saturated heterocycles. The van der Waals surface area contributed by atoms with E-state index >= 15 is 0 Å². The van der Waals surface area contributed by atoms with E-state index < -0.39 is 0 Å². The Labute approximate surface area is 124 Å². The van der Waals surface area contributed by atoms with Crippen molar-refractivity contribution in [3.8, 4) is 11.1 Å². The third-order valence-corrected chi connectivity index (χ3v) is 4.32. The molecule has 0 amide bonds. The molecule has 1 heteroatoms. The number of thiol groups is 1. The highest BCUT2D eigenvalue weighted by molar-refractivity contribution is 7.80. The molecule has 1 aliphatic rings. The molecule has 0 N–H and O–H groups in total. The van der Waals surface area contributed by atoms with Gasteiger partial charge >= 0.3 is 0 Å². The zero-order valence-corrected chi connectivity index (χ0v) is 11.8. The molecule has 4 rings (SSSR count). The molecule has 0 fully saturated rings. The summed E-state index contributed by atoms with van der Waals surface area (Å²) in [6.07, 6.45) is 0. The average Bonchev–Trinajstić information content (AvgIpc) is 2.82. The van der Waals surface area contributed by atoms with Crippen molar-refractivity contribution in [3.05, 3.63) is 89.5 Å². The maximum absolute atomic E-state index is 4.49. The van der Waals surface area contributed by atoms with Gasteiger partial charge in [-0.1, -0.05) is 60.7 Å².